The van der Waals surface area contributed by atoms with Crippen LogP contribution in [0.4, 0.5) is 0 Å². The molecule has 0 fully saturated rings. The van der Waals surface area contributed by atoms with Crippen LogP contribution in [0.5, 0.6) is 23.0 Å². The summed E-state index contributed by atoms with van der Waals surface area (Å²) < 4.78 is 0. The van der Waals surface area contributed by atoms with Gasteiger partial charge in [0.25, 0.3) is 0 Å². The van der Waals surface area contributed by atoms with Gasteiger partial charge in [-0.2, -0.15) is 0 Å². The van der Waals surface area contributed by atoms with Crippen LogP contribution in [0.1, 0.15) is 105 Å². The van der Waals surface area contributed by atoms with E-state index in [0.29, 0.717) is 33.4 Å². The maximum absolute atomic E-state index is 14.2. The van der Waals surface area contributed by atoms with Crippen molar-refractivity contribution in [3.05, 3.63) is 180 Å². The summed E-state index contributed by atoms with van der Waals surface area (Å²) in [5, 5.41) is 77.6. The van der Waals surface area contributed by atoms with E-state index in [-0.39, 0.29) is 44.7 Å². The van der Waals surface area contributed by atoms with Gasteiger partial charge < -0.3 is 20.4 Å². The van der Waals surface area contributed by atoms with E-state index in [1.807, 2.05) is 12.1 Å². The number of aromatic hydroxyl groups is 4. The molecular weight excluding hydrogens is 1020 g/mol. The summed E-state index contributed by atoms with van der Waals surface area (Å²) in [6, 6.07) is 56.4. The lowest BCUT2D eigenvalue weighted by Gasteiger charge is -2.27. The number of benzene rings is 16. The lowest BCUT2D eigenvalue weighted by Crippen LogP contribution is -2.11. The Hall–Kier alpha value is -9.12. The highest BCUT2D eigenvalue weighted by Gasteiger charge is 2.33. The van der Waals surface area contributed by atoms with Gasteiger partial charge in [-0.15, -0.1) is 0 Å². The Morgan fingerprint density at radius 3 is 0.607 bits per heavy atom. The zero-order valence-electron chi connectivity index (χ0n) is 49.8. The molecule has 0 saturated carbocycles. The summed E-state index contributed by atoms with van der Waals surface area (Å²) in [6.07, 6.45) is 0. The number of hydrogen-bond donors (Lipinski definition) is 4. The number of hydrogen-bond acceptors (Lipinski definition) is 4. The highest BCUT2D eigenvalue weighted by atomic mass is 16.3. The first-order chi connectivity index (χ1) is 39.8. The van der Waals surface area contributed by atoms with Gasteiger partial charge in [0.15, 0.2) is 0 Å². The summed E-state index contributed by atoms with van der Waals surface area (Å²) in [6.45, 7) is 26.9. The molecule has 16 aromatic carbocycles. The number of phenolic OH excluding ortho intramolecular Hbond substituents is 4. The normalized spacial score (nSPS) is 13.4. The van der Waals surface area contributed by atoms with Crippen LogP contribution in [0, 0.1) is 0 Å². The average molecular weight is 1090 g/mol. The second-order valence-corrected chi connectivity index (χ2v) is 28.7. The molecule has 0 saturated heterocycles. The fourth-order valence-corrected chi connectivity index (χ4v) is 15.0. The third-order valence-corrected chi connectivity index (χ3v) is 19.3. The molecule has 0 atom stereocenters. The monoisotopic (exact) mass is 1090 g/mol. The highest BCUT2D eigenvalue weighted by molar-refractivity contribution is 6.37. The molecule has 16 rings (SSSR count). The molecule has 0 aromatic heterocycles. The second kappa shape index (κ2) is 16.4. The molecule has 410 valence electrons. The van der Waals surface area contributed by atoms with E-state index in [4.69, 9.17) is 0 Å². The first-order valence-electron chi connectivity index (χ1n) is 29.7. The third kappa shape index (κ3) is 6.83. The molecule has 4 heteroatoms. The number of phenols is 4. The zero-order valence-corrected chi connectivity index (χ0v) is 49.8. The molecule has 16 aromatic rings. The van der Waals surface area contributed by atoms with Gasteiger partial charge in [-0.3, -0.25) is 0 Å². The van der Waals surface area contributed by atoms with E-state index in [1.165, 1.54) is 22.3 Å². The largest absolute Gasteiger partial charge is 0.507 e. The Labute approximate surface area is 488 Å². The van der Waals surface area contributed by atoms with Gasteiger partial charge in [-0.1, -0.05) is 229 Å². The maximum Gasteiger partial charge on any atom is 0.132 e. The van der Waals surface area contributed by atoms with Crippen LogP contribution in [0.25, 0.3) is 163 Å². The summed E-state index contributed by atoms with van der Waals surface area (Å²) in [5.74, 6) is -0.0225. The molecule has 84 heavy (non-hydrogen) atoms. The van der Waals surface area contributed by atoms with Crippen LogP contribution in [0.2, 0.25) is 0 Å². The summed E-state index contributed by atoms with van der Waals surface area (Å²) in [4.78, 5) is 0. The van der Waals surface area contributed by atoms with Gasteiger partial charge in [0.1, 0.15) is 23.0 Å². The van der Waals surface area contributed by atoms with Crippen LogP contribution >= 0.6 is 0 Å². The molecule has 0 amide bonds. The fraction of sp³-hybridized carbons (Fsp3) is 0.200. The Kier molecular flexibility index (Phi) is 9.85. The number of rotatable bonds is 3. The highest BCUT2D eigenvalue weighted by Crippen LogP contribution is 2.61. The fourth-order valence-electron chi connectivity index (χ4n) is 15.0. The van der Waals surface area contributed by atoms with Gasteiger partial charge >= 0.3 is 0 Å². The smallest absolute Gasteiger partial charge is 0.132 e. The molecular formula is C80H66O4. The van der Waals surface area contributed by atoms with Crippen LogP contribution in [-0.2, 0) is 21.7 Å². The zero-order chi connectivity index (χ0) is 58.3. The average Bonchev–Trinajstić information content (AvgIpc) is 1.89. The molecule has 0 bridgehead atoms. The van der Waals surface area contributed by atoms with E-state index in [2.05, 4.69) is 229 Å². The van der Waals surface area contributed by atoms with Crippen LogP contribution in [0.3, 0.4) is 0 Å². The Morgan fingerprint density at radius 2 is 0.381 bits per heavy atom. The van der Waals surface area contributed by atoms with Crippen molar-refractivity contribution in [2.24, 2.45) is 0 Å². The summed E-state index contributed by atoms with van der Waals surface area (Å²) in [5.41, 5.74) is 7.40. The third-order valence-electron chi connectivity index (χ3n) is 19.3. The van der Waals surface area contributed by atoms with E-state index in [1.54, 1.807) is 0 Å². The van der Waals surface area contributed by atoms with Crippen LogP contribution < -0.4 is 0 Å². The van der Waals surface area contributed by atoms with E-state index >= 15 is 0 Å². The Balaban J connectivity index is 1.10. The van der Waals surface area contributed by atoms with Crippen molar-refractivity contribution in [2.45, 2.75) is 105 Å². The van der Waals surface area contributed by atoms with Crippen molar-refractivity contribution in [2.75, 3.05) is 0 Å². The molecule has 0 heterocycles. The molecule has 0 radical (unpaired) electrons. The van der Waals surface area contributed by atoms with Crippen molar-refractivity contribution >= 4 is 129 Å². The van der Waals surface area contributed by atoms with Crippen molar-refractivity contribution in [3.8, 4) is 56.4 Å². The van der Waals surface area contributed by atoms with E-state index in [9.17, 15) is 20.4 Å². The van der Waals surface area contributed by atoms with E-state index < -0.39 is 0 Å². The molecule has 0 aliphatic carbocycles. The van der Waals surface area contributed by atoms with Gasteiger partial charge in [-0.25, -0.2) is 0 Å². The minimum absolute atomic E-state index is 0.0469. The SMILES string of the molecule is CC(C)(C)c1cc2ccc3cc(O)c(-c4c(O)c(-c5c(O)c(-c6c(O)cc7ccc8cc(C(C)(C)C)cc9ccc6c7c89)c6ccc7cc(C(C)(C)C)cc8ccc5c6c78)c5ccc6cc(C(C)(C)C)cc7ccc4c5c76)c4ccc(c1)c2c34. The molecule has 0 aliphatic heterocycles. The molecule has 0 aliphatic rings. The minimum Gasteiger partial charge on any atom is -0.507 e. The van der Waals surface area contributed by atoms with Gasteiger partial charge in [-0.05, 0) is 185 Å². The molecule has 4 N–H and O–H groups in total. The van der Waals surface area contributed by atoms with Crippen molar-refractivity contribution in [3.63, 3.8) is 0 Å². The van der Waals surface area contributed by atoms with Gasteiger partial charge in [0.05, 0.1) is 0 Å². The predicted octanol–water partition coefficient (Wildman–Crippen LogP) is 22.3. The Morgan fingerprint density at radius 1 is 0.202 bits per heavy atom. The lowest BCUT2D eigenvalue weighted by molar-refractivity contribution is 0.468. The standard InChI is InChI=1S/C80H66O4/c1-77(2,3)49-29-39-13-15-47-37-59(81)69(53-23-17-41(31-49)61(39)65(47)53)71-55-25-19-43-33-51(79(7,8)9)35-45-21-27-57(67(55)63(43)45)73(75(71)83)74-58-28-22-46-36-52(80(10,11)12)34-44-20-26-56(68(58)64(44)46)72(76(74)84)70-54-24-18-42-32-50(78(4,5)6)30-40-14-16-48(38-60(70)82)66(54)62(40)42/h13-38,81-84H,1-12H3. The van der Waals surface area contributed by atoms with Crippen LogP contribution in [-0.4, -0.2) is 20.4 Å². The molecule has 0 unspecified atom stereocenters. The lowest BCUT2D eigenvalue weighted by atomic mass is 9.77. The second-order valence-electron chi connectivity index (χ2n) is 28.7. The van der Waals surface area contributed by atoms with Gasteiger partial charge in [0.2, 0.25) is 0 Å². The molecule has 4 nitrogen and oxygen atoms in total. The van der Waals surface area contributed by atoms with Gasteiger partial charge in [0, 0.05) is 33.4 Å². The van der Waals surface area contributed by atoms with Crippen molar-refractivity contribution < 1.29 is 20.4 Å². The van der Waals surface area contributed by atoms with Crippen molar-refractivity contribution in [1.29, 1.82) is 0 Å². The summed E-state index contributed by atoms with van der Waals surface area (Å²) >= 11 is 0. The first kappa shape index (κ1) is 50.6. The quantitative estimate of drug-likeness (QED) is 0.133. The van der Waals surface area contributed by atoms with E-state index in [0.717, 1.165) is 129 Å². The van der Waals surface area contributed by atoms with Crippen LogP contribution in [0.15, 0.2) is 158 Å². The minimum atomic E-state index is -0.135. The van der Waals surface area contributed by atoms with Crippen molar-refractivity contribution in [1.82, 2.24) is 0 Å². The summed E-state index contributed by atoms with van der Waals surface area (Å²) in [7, 11) is 0. The maximum atomic E-state index is 14.2. The Bertz CT molecular complexity index is 5130. The topological polar surface area (TPSA) is 80.9 Å². The molecule has 0 spiro atoms. The first-order valence-corrected chi connectivity index (χ1v) is 29.7. The predicted molar refractivity (Wildman–Crippen MR) is 359 cm³/mol.